The number of carbonyl (C=O) groups excluding carboxylic acids is 1. The van der Waals surface area contributed by atoms with Crippen molar-refractivity contribution in [1.29, 1.82) is 0 Å². The molecule has 1 unspecified atom stereocenters. The van der Waals surface area contributed by atoms with E-state index in [2.05, 4.69) is 14.9 Å². The first-order chi connectivity index (χ1) is 8.29. The summed E-state index contributed by atoms with van der Waals surface area (Å²) in [6.45, 7) is 5.36. The van der Waals surface area contributed by atoms with Gasteiger partial charge in [0.2, 0.25) is 5.91 Å². The minimum Gasteiger partial charge on any atom is -0.341 e. The third-order valence-corrected chi connectivity index (χ3v) is 3.58. The molecule has 2 aliphatic heterocycles. The number of hydrogen-bond donors (Lipinski definition) is 0. The molecule has 0 bridgehead atoms. The van der Waals surface area contributed by atoms with E-state index >= 15 is 0 Å². The van der Waals surface area contributed by atoms with Gasteiger partial charge in [0.05, 0.1) is 0 Å². The lowest BCUT2D eigenvalue weighted by Gasteiger charge is -2.21. The Labute approximate surface area is 101 Å². The van der Waals surface area contributed by atoms with Gasteiger partial charge in [-0.15, -0.1) is 0 Å². The lowest BCUT2D eigenvalue weighted by molar-refractivity contribution is -0.127. The normalized spacial score (nSPS) is 25.3. The number of nitrogens with zero attached hydrogens (tertiary/aromatic N) is 5. The van der Waals surface area contributed by atoms with Crippen LogP contribution in [0.25, 0.3) is 10.4 Å². The van der Waals surface area contributed by atoms with Crippen LogP contribution in [-0.4, -0.2) is 55.0 Å². The second-order valence-electron chi connectivity index (χ2n) is 4.87. The van der Waals surface area contributed by atoms with Crippen molar-refractivity contribution >= 4 is 5.91 Å². The molecule has 17 heavy (non-hydrogen) atoms. The molecule has 6 heteroatoms. The highest BCUT2D eigenvalue weighted by molar-refractivity contribution is 5.78. The number of azide groups is 1. The van der Waals surface area contributed by atoms with Crippen molar-refractivity contribution in [1.82, 2.24) is 9.80 Å². The average Bonchev–Trinajstić information content (AvgIpc) is 2.93. The van der Waals surface area contributed by atoms with Crippen LogP contribution < -0.4 is 0 Å². The molecule has 0 aliphatic carbocycles. The molecule has 2 heterocycles. The van der Waals surface area contributed by atoms with Crippen LogP contribution in [-0.2, 0) is 4.79 Å². The molecule has 0 radical (unpaired) electrons. The molecule has 0 spiro atoms. The van der Waals surface area contributed by atoms with Crippen molar-refractivity contribution in [2.45, 2.75) is 19.3 Å². The lowest BCUT2D eigenvalue weighted by Crippen LogP contribution is -2.34. The van der Waals surface area contributed by atoms with Crippen molar-refractivity contribution in [2.24, 2.45) is 11.0 Å². The Morgan fingerprint density at radius 3 is 2.82 bits per heavy atom. The van der Waals surface area contributed by atoms with E-state index in [4.69, 9.17) is 5.53 Å². The standard InChI is InChI=1S/C11H19N5O/c12-14-13-8-10-7-11(17)16(9-10)6-5-15-3-1-2-4-15/h10H,1-9H2. The molecule has 2 aliphatic rings. The van der Waals surface area contributed by atoms with Crippen LogP contribution >= 0.6 is 0 Å². The Bertz CT molecular complexity index is 320. The molecule has 2 saturated heterocycles. The zero-order chi connectivity index (χ0) is 12.1. The summed E-state index contributed by atoms with van der Waals surface area (Å²) in [6.07, 6.45) is 3.11. The van der Waals surface area contributed by atoms with Crippen LogP contribution in [0, 0.1) is 5.92 Å². The minimum absolute atomic E-state index is 0.210. The van der Waals surface area contributed by atoms with Gasteiger partial charge in [-0.25, -0.2) is 0 Å². The van der Waals surface area contributed by atoms with Gasteiger partial charge in [-0.3, -0.25) is 4.79 Å². The molecule has 0 aromatic carbocycles. The van der Waals surface area contributed by atoms with Crippen LogP contribution in [0.1, 0.15) is 19.3 Å². The Morgan fingerprint density at radius 2 is 2.12 bits per heavy atom. The van der Waals surface area contributed by atoms with Crippen molar-refractivity contribution < 1.29 is 4.79 Å². The largest absolute Gasteiger partial charge is 0.341 e. The van der Waals surface area contributed by atoms with Crippen LogP contribution in [0.2, 0.25) is 0 Å². The van der Waals surface area contributed by atoms with Gasteiger partial charge in [-0.2, -0.15) is 0 Å². The van der Waals surface area contributed by atoms with Gasteiger partial charge < -0.3 is 9.80 Å². The molecule has 1 amide bonds. The first-order valence-electron chi connectivity index (χ1n) is 6.30. The van der Waals surface area contributed by atoms with Crippen LogP contribution in [0.15, 0.2) is 5.11 Å². The van der Waals surface area contributed by atoms with Crippen molar-refractivity contribution in [3.8, 4) is 0 Å². The second-order valence-corrected chi connectivity index (χ2v) is 4.87. The van der Waals surface area contributed by atoms with E-state index < -0.39 is 0 Å². The summed E-state index contributed by atoms with van der Waals surface area (Å²) in [7, 11) is 0. The monoisotopic (exact) mass is 237 g/mol. The summed E-state index contributed by atoms with van der Waals surface area (Å²) in [5, 5.41) is 3.55. The maximum Gasteiger partial charge on any atom is 0.222 e. The van der Waals surface area contributed by atoms with Crippen molar-refractivity contribution in [3.63, 3.8) is 0 Å². The second kappa shape index (κ2) is 5.89. The molecule has 2 rings (SSSR count). The SMILES string of the molecule is [N-]=[N+]=NCC1CC(=O)N(CCN2CCCC2)C1. The number of amides is 1. The van der Waals surface area contributed by atoms with E-state index in [-0.39, 0.29) is 11.8 Å². The number of carbonyl (C=O) groups is 1. The first-order valence-corrected chi connectivity index (χ1v) is 6.30. The highest BCUT2D eigenvalue weighted by Crippen LogP contribution is 2.18. The van der Waals surface area contributed by atoms with Gasteiger partial charge in [0.15, 0.2) is 0 Å². The summed E-state index contributed by atoms with van der Waals surface area (Å²) in [4.78, 5) is 18.8. The molecule has 2 fully saturated rings. The average molecular weight is 237 g/mol. The molecule has 1 atom stereocenters. The molecule has 0 N–H and O–H groups in total. The summed E-state index contributed by atoms with van der Waals surface area (Å²) in [5.74, 6) is 0.430. The van der Waals surface area contributed by atoms with E-state index in [0.29, 0.717) is 13.0 Å². The van der Waals surface area contributed by atoms with Gasteiger partial charge >= 0.3 is 0 Å². The van der Waals surface area contributed by atoms with E-state index in [9.17, 15) is 4.79 Å². The number of likely N-dealkylation sites (tertiary alicyclic amines) is 2. The van der Waals surface area contributed by atoms with Gasteiger partial charge in [0.1, 0.15) is 0 Å². The van der Waals surface area contributed by atoms with Crippen LogP contribution in [0.3, 0.4) is 0 Å². The first kappa shape index (κ1) is 12.2. The summed E-state index contributed by atoms with van der Waals surface area (Å²) in [5.41, 5.74) is 8.26. The van der Waals surface area contributed by atoms with Crippen molar-refractivity contribution in [3.05, 3.63) is 10.4 Å². The predicted octanol–water partition coefficient (Wildman–Crippen LogP) is 1.24. The van der Waals surface area contributed by atoms with E-state index in [1.165, 1.54) is 25.9 Å². The Balaban J connectivity index is 1.73. The summed E-state index contributed by atoms with van der Waals surface area (Å²) < 4.78 is 0. The molecule has 0 aromatic rings. The topological polar surface area (TPSA) is 72.3 Å². The molecular weight excluding hydrogens is 218 g/mol. The van der Waals surface area contributed by atoms with Crippen LogP contribution in [0.5, 0.6) is 0 Å². The number of hydrogen-bond acceptors (Lipinski definition) is 3. The highest BCUT2D eigenvalue weighted by atomic mass is 16.2. The molecule has 0 aromatic heterocycles. The lowest BCUT2D eigenvalue weighted by atomic mass is 10.1. The van der Waals surface area contributed by atoms with Gasteiger partial charge in [0.25, 0.3) is 0 Å². The quantitative estimate of drug-likeness (QED) is 0.410. The fourth-order valence-electron chi connectivity index (χ4n) is 2.61. The Kier molecular flexibility index (Phi) is 4.23. The van der Waals surface area contributed by atoms with Gasteiger partial charge in [-0.05, 0) is 37.4 Å². The van der Waals surface area contributed by atoms with E-state index in [1.807, 2.05) is 4.90 Å². The van der Waals surface area contributed by atoms with E-state index in [0.717, 1.165) is 19.6 Å². The third-order valence-electron chi connectivity index (χ3n) is 3.58. The van der Waals surface area contributed by atoms with Gasteiger partial charge in [-0.1, -0.05) is 5.11 Å². The highest BCUT2D eigenvalue weighted by Gasteiger charge is 2.29. The van der Waals surface area contributed by atoms with Crippen molar-refractivity contribution in [2.75, 3.05) is 39.3 Å². The maximum absolute atomic E-state index is 11.7. The smallest absolute Gasteiger partial charge is 0.222 e. The molecule has 6 nitrogen and oxygen atoms in total. The molecular formula is C11H19N5O. The third kappa shape index (κ3) is 3.35. The zero-order valence-corrected chi connectivity index (χ0v) is 10.1. The summed E-state index contributed by atoms with van der Waals surface area (Å²) >= 11 is 0. The Morgan fingerprint density at radius 1 is 1.35 bits per heavy atom. The molecule has 0 saturated carbocycles. The zero-order valence-electron chi connectivity index (χ0n) is 10.1. The fraction of sp³-hybridized carbons (Fsp3) is 0.909. The summed E-state index contributed by atoms with van der Waals surface area (Å²) in [6, 6.07) is 0. The van der Waals surface area contributed by atoms with E-state index in [1.54, 1.807) is 0 Å². The predicted molar refractivity (Wildman–Crippen MR) is 64.4 cm³/mol. The molecule has 94 valence electrons. The van der Waals surface area contributed by atoms with Gasteiger partial charge in [0, 0.05) is 37.5 Å². The number of rotatable bonds is 5. The maximum atomic E-state index is 11.7. The Hall–Kier alpha value is -1.26. The van der Waals surface area contributed by atoms with Crippen LogP contribution in [0.4, 0.5) is 0 Å². The minimum atomic E-state index is 0.210. The fourth-order valence-corrected chi connectivity index (χ4v) is 2.61.